The van der Waals surface area contributed by atoms with Crippen LogP contribution in [0.25, 0.3) is 11.3 Å². The zero-order valence-electron chi connectivity index (χ0n) is 15.5. The number of benzene rings is 2. The number of hydrogen-bond acceptors (Lipinski definition) is 3. The number of nitrogens with zero attached hydrogens (tertiary/aromatic N) is 2. The van der Waals surface area contributed by atoms with E-state index in [-0.39, 0.29) is 11.9 Å². The van der Waals surface area contributed by atoms with Crippen LogP contribution in [-0.2, 0) is 0 Å². The monoisotopic (exact) mass is 360 g/mol. The third-order valence-electron chi connectivity index (χ3n) is 5.12. The van der Waals surface area contributed by atoms with Crippen molar-refractivity contribution in [2.45, 2.75) is 25.8 Å². The fourth-order valence-electron chi connectivity index (χ4n) is 3.63. The fourth-order valence-corrected chi connectivity index (χ4v) is 3.63. The van der Waals surface area contributed by atoms with Gasteiger partial charge in [-0.05, 0) is 37.0 Å². The van der Waals surface area contributed by atoms with Crippen LogP contribution in [0.3, 0.4) is 0 Å². The van der Waals surface area contributed by atoms with E-state index in [4.69, 9.17) is 0 Å². The standard InChI is InChI=1S/C22H24N4O/c1-16-8-5-6-12-19(16)22(27)23-18-11-7-13-26(15-18)21-14-20(24-25-21)17-9-3-2-4-10-17/h2-6,8-10,12,14,18H,7,11,13,15H2,1H3,(H,23,27)(H,24,25)/t18-/m0/s1. The summed E-state index contributed by atoms with van der Waals surface area (Å²) in [6.07, 6.45) is 2.02. The lowest BCUT2D eigenvalue weighted by Crippen LogP contribution is -2.48. The number of hydrogen-bond donors (Lipinski definition) is 2. The molecule has 1 fully saturated rings. The van der Waals surface area contributed by atoms with E-state index >= 15 is 0 Å². The molecule has 5 nitrogen and oxygen atoms in total. The van der Waals surface area contributed by atoms with E-state index < -0.39 is 0 Å². The van der Waals surface area contributed by atoms with Gasteiger partial charge in [-0.1, -0.05) is 48.5 Å². The number of amides is 1. The summed E-state index contributed by atoms with van der Waals surface area (Å²) in [6.45, 7) is 3.70. The Labute approximate surface area is 159 Å². The summed E-state index contributed by atoms with van der Waals surface area (Å²) >= 11 is 0. The van der Waals surface area contributed by atoms with Crippen molar-refractivity contribution in [1.82, 2.24) is 15.5 Å². The van der Waals surface area contributed by atoms with Crippen LogP contribution >= 0.6 is 0 Å². The van der Waals surface area contributed by atoms with Crippen molar-refractivity contribution in [2.75, 3.05) is 18.0 Å². The number of aryl methyl sites for hydroxylation is 1. The van der Waals surface area contributed by atoms with Crippen molar-refractivity contribution in [3.8, 4) is 11.3 Å². The fraction of sp³-hybridized carbons (Fsp3) is 0.273. The van der Waals surface area contributed by atoms with Crippen molar-refractivity contribution < 1.29 is 4.79 Å². The molecule has 5 heteroatoms. The Hall–Kier alpha value is -3.08. The minimum Gasteiger partial charge on any atom is -0.353 e. The van der Waals surface area contributed by atoms with Gasteiger partial charge in [-0.25, -0.2) is 0 Å². The maximum atomic E-state index is 12.6. The average Bonchev–Trinajstić information content (AvgIpc) is 3.19. The molecule has 138 valence electrons. The molecule has 27 heavy (non-hydrogen) atoms. The summed E-state index contributed by atoms with van der Waals surface area (Å²) in [4.78, 5) is 14.9. The van der Waals surface area contributed by atoms with Crippen LogP contribution < -0.4 is 10.2 Å². The first-order valence-corrected chi connectivity index (χ1v) is 9.43. The van der Waals surface area contributed by atoms with Gasteiger partial charge in [0.1, 0.15) is 0 Å². The van der Waals surface area contributed by atoms with E-state index in [9.17, 15) is 4.79 Å². The number of rotatable bonds is 4. The highest BCUT2D eigenvalue weighted by Crippen LogP contribution is 2.24. The number of nitrogens with one attached hydrogen (secondary N) is 2. The first kappa shape index (κ1) is 17.3. The predicted molar refractivity (Wildman–Crippen MR) is 108 cm³/mol. The van der Waals surface area contributed by atoms with Gasteiger partial charge in [-0.2, -0.15) is 5.10 Å². The van der Waals surface area contributed by atoms with Gasteiger partial charge in [-0.3, -0.25) is 9.89 Å². The summed E-state index contributed by atoms with van der Waals surface area (Å²) < 4.78 is 0. The predicted octanol–water partition coefficient (Wildman–Crippen LogP) is 3.78. The third-order valence-corrected chi connectivity index (χ3v) is 5.12. The highest BCUT2D eigenvalue weighted by molar-refractivity contribution is 5.95. The van der Waals surface area contributed by atoms with Crippen LogP contribution in [0.4, 0.5) is 5.82 Å². The average molecular weight is 360 g/mol. The van der Waals surface area contributed by atoms with Crippen molar-refractivity contribution in [1.29, 1.82) is 0 Å². The first-order valence-electron chi connectivity index (χ1n) is 9.43. The minimum absolute atomic E-state index is 0.00644. The Balaban J connectivity index is 1.43. The van der Waals surface area contributed by atoms with Crippen LogP contribution in [0.5, 0.6) is 0 Å². The molecule has 1 saturated heterocycles. The van der Waals surface area contributed by atoms with E-state index in [1.165, 1.54) is 0 Å². The van der Waals surface area contributed by atoms with Gasteiger partial charge < -0.3 is 10.2 Å². The number of carbonyl (C=O) groups is 1. The van der Waals surface area contributed by atoms with Crippen LogP contribution in [0.15, 0.2) is 60.7 Å². The molecule has 0 saturated carbocycles. The summed E-state index contributed by atoms with van der Waals surface area (Å²) in [5.74, 6) is 0.940. The summed E-state index contributed by atoms with van der Waals surface area (Å²) in [6, 6.07) is 20.1. The van der Waals surface area contributed by atoms with Crippen molar-refractivity contribution in [3.05, 3.63) is 71.8 Å². The Morgan fingerprint density at radius 3 is 2.74 bits per heavy atom. The van der Waals surface area contributed by atoms with E-state index in [0.717, 1.165) is 54.1 Å². The van der Waals surface area contributed by atoms with Gasteiger partial charge in [0.05, 0.1) is 5.69 Å². The van der Waals surface area contributed by atoms with Gasteiger partial charge in [0.25, 0.3) is 5.91 Å². The van der Waals surface area contributed by atoms with Gasteiger partial charge in [0.2, 0.25) is 0 Å². The first-order chi connectivity index (χ1) is 13.2. The highest BCUT2D eigenvalue weighted by Gasteiger charge is 2.24. The SMILES string of the molecule is Cc1ccccc1C(=O)N[C@H]1CCCN(c2cc(-c3ccccc3)[nH]n2)C1. The van der Waals surface area contributed by atoms with Crippen molar-refractivity contribution in [3.63, 3.8) is 0 Å². The molecule has 0 spiro atoms. The number of H-pyrrole nitrogens is 1. The molecule has 2 N–H and O–H groups in total. The molecular weight excluding hydrogens is 336 g/mol. The normalized spacial score (nSPS) is 16.9. The number of aromatic nitrogens is 2. The van der Waals surface area contributed by atoms with Gasteiger partial charge in [0, 0.05) is 30.8 Å². The summed E-state index contributed by atoms with van der Waals surface area (Å²) in [7, 11) is 0. The Morgan fingerprint density at radius 2 is 1.93 bits per heavy atom. The lowest BCUT2D eigenvalue weighted by Gasteiger charge is -2.33. The van der Waals surface area contributed by atoms with E-state index in [1.54, 1.807) is 0 Å². The molecular formula is C22H24N4O. The second kappa shape index (κ2) is 7.66. The molecule has 1 aromatic heterocycles. The number of piperidine rings is 1. The molecule has 0 radical (unpaired) electrons. The molecule has 0 unspecified atom stereocenters. The quantitative estimate of drug-likeness (QED) is 0.744. The topological polar surface area (TPSA) is 61.0 Å². The molecule has 0 aliphatic carbocycles. The number of carbonyl (C=O) groups excluding carboxylic acids is 1. The lowest BCUT2D eigenvalue weighted by molar-refractivity contribution is 0.0932. The van der Waals surface area contributed by atoms with Crippen molar-refractivity contribution in [2.24, 2.45) is 0 Å². The molecule has 4 rings (SSSR count). The van der Waals surface area contributed by atoms with E-state index in [0.29, 0.717) is 0 Å². The minimum atomic E-state index is 0.00644. The highest BCUT2D eigenvalue weighted by atomic mass is 16.1. The van der Waals surface area contributed by atoms with E-state index in [1.807, 2.05) is 49.4 Å². The van der Waals surface area contributed by atoms with Gasteiger partial charge >= 0.3 is 0 Å². The molecule has 1 aliphatic rings. The molecule has 1 amide bonds. The number of aromatic amines is 1. The summed E-state index contributed by atoms with van der Waals surface area (Å²) in [5, 5.41) is 10.8. The van der Waals surface area contributed by atoms with Crippen LogP contribution in [0.2, 0.25) is 0 Å². The zero-order chi connectivity index (χ0) is 18.6. The summed E-state index contributed by atoms with van der Waals surface area (Å²) in [5.41, 5.74) is 3.89. The lowest BCUT2D eigenvalue weighted by atomic mass is 10.0. The second-order valence-corrected chi connectivity index (χ2v) is 7.08. The Kier molecular flexibility index (Phi) is 4.92. The largest absolute Gasteiger partial charge is 0.353 e. The maximum absolute atomic E-state index is 12.6. The zero-order valence-corrected chi connectivity index (χ0v) is 15.5. The van der Waals surface area contributed by atoms with Gasteiger partial charge in [-0.15, -0.1) is 0 Å². The second-order valence-electron chi connectivity index (χ2n) is 7.08. The molecule has 2 aromatic carbocycles. The van der Waals surface area contributed by atoms with Crippen LogP contribution in [0.1, 0.15) is 28.8 Å². The Bertz CT molecular complexity index is 919. The smallest absolute Gasteiger partial charge is 0.251 e. The van der Waals surface area contributed by atoms with Crippen LogP contribution in [-0.4, -0.2) is 35.2 Å². The van der Waals surface area contributed by atoms with Crippen molar-refractivity contribution >= 4 is 11.7 Å². The molecule has 3 aromatic rings. The third kappa shape index (κ3) is 3.87. The van der Waals surface area contributed by atoms with E-state index in [2.05, 4.69) is 38.6 Å². The number of anilines is 1. The molecule has 2 heterocycles. The Morgan fingerprint density at radius 1 is 1.15 bits per heavy atom. The van der Waals surface area contributed by atoms with Gasteiger partial charge in [0.15, 0.2) is 5.82 Å². The molecule has 1 aliphatic heterocycles. The van der Waals surface area contributed by atoms with Crippen LogP contribution in [0, 0.1) is 6.92 Å². The molecule has 1 atom stereocenters. The molecule has 0 bridgehead atoms. The maximum Gasteiger partial charge on any atom is 0.251 e.